The fourth-order valence-electron chi connectivity index (χ4n) is 1.93. The topological polar surface area (TPSA) is 119 Å². The van der Waals surface area contributed by atoms with Crippen LogP contribution in [0, 0.1) is 0 Å². The number of nitrogens with one attached hydrogen (secondary N) is 1. The van der Waals surface area contributed by atoms with Crippen LogP contribution in [-0.4, -0.2) is 25.1 Å². The Morgan fingerprint density at radius 1 is 1.00 bits per heavy atom. The molecule has 3 rings (SSSR count). The van der Waals surface area contributed by atoms with Crippen LogP contribution in [0.15, 0.2) is 30.3 Å². The van der Waals surface area contributed by atoms with Crippen molar-refractivity contribution in [2.24, 2.45) is 0 Å². The first-order chi connectivity index (χ1) is 10.1. The molecule has 0 atom stereocenters. The van der Waals surface area contributed by atoms with E-state index in [1.54, 1.807) is 0 Å². The fourth-order valence-corrected chi connectivity index (χ4v) is 2.05. The summed E-state index contributed by atoms with van der Waals surface area (Å²) in [6.45, 7) is 0. The van der Waals surface area contributed by atoms with Crippen molar-refractivity contribution < 1.29 is 0 Å². The van der Waals surface area contributed by atoms with Crippen LogP contribution >= 0.6 is 11.6 Å². The van der Waals surface area contributed by atoms with Gasteiger partial charge < -0.3 is 11.5 Å². The Hall–Kier alpha value is -2.67. The standard InChI is InChI=1S/C13H12ClN7/c14-8-3-1-7(2-4-8)10-5-9(20-21-10)6-11-17-12(15)19-13(16)18-11/h1-5H,6H2,(H,20,21)(H4,15,16,17,18,19). The van der Waals surface area contributed by atoms with Crippen LogP contribution in [0.5, 0.6) is 0 Å². The monoisotopic (exact) mass is 301 g/mol. The zero-order valence-corrected chi connectivity index (χ0v) is 11.7. The van der Waals surface area contributed by atoms with Crippen LogP contribution < -0.4 is 11.5 Å². The molecule has 0 aliphatic heterocycles. The minimum absolute atomic E-state index is 0.106. The smallest absolute Gasteiger partial charge is 0.225 e. The normalized spacial score (nSPS) is 10.7. The maximum absolute atomic E-state index is 5.87. The summed E-state index contributed by atoms with van der Waals surface area (Å²) in [6, 6.07) is 9.36. The van der Waals surface area contributed by atoms with Crippen molar-refractivity contribution in [2.75, 3.05) is 11.5 Å². The largest absolute Gasteiger partial charge is 0.368 e. The third kappa shape index (κ3) is 3.09. The molecule has 3 aromatic rings. The number of anilines is 2. The second-order valence-electron chi connectivity index (χ2n) is 4.43. The highest BCUT2D eigenvalue weighted by Crippen LogP contribution is 2.20. The molecule has 0 bridgehead atoms. The number of hydrogen-bond acceptors (Lipinski definition) is 6. The zero-order valence-electron chi connectivity index (χ0n) is 10.9. The number of rotatable bonds is 3. The Labute approximate surface area is 125 Å². The predicted molar refractivity (Wildman–Crippen MR) is 80.5 cm³/mol. The molecule has 0 saturated heterocycles. The molecule has 2 heterocycles. The van der Waals surface area contributed by atoms with E-state index in [1.807, 2.05) is 30.3 Å². The van der Waals surface area contributed by atoms with Crippen LogP contribution in [0.1, 0.15) is 11.5 Å². The van der Waals surface area contributed by atoms with Crippen molar-refractivity contribution in [1.82, 2.24) is 25.1 Å². The third-order valence-corrected chi connectivity index (χ3v) is 3.09. The SMILES string of the molecule is Nc1nc(N)nc(Cc2cc(-c3ccc(Cl)cc3)n[nH]2)n1. The Bertz CT molecular complexity index is 746. The summed E-state index contributed by atoms with van der Waals surface area (Å²) in [5, 5.41) is 7.88. The van der Waals surface area contributed by atoms with E-state index in [1.165, 1.54) is 0 Å². The summed E-state index contributed by atoms with van der Waals surface area (Å²) in [6.07, 6.45) is 0.442. The molecule has 0 amide bonds. The Balaban J connectivity index is 1.83. The lowest BCUT2D eigenvalue weighted by Gasteiger charge is -1.99. The van der Waals surface area contributed by atoms with Crippen LogP contribution in [-0.2, 0) is 6.42 Å². The van der Waals surface area contributed by atoms with E-state index in [0.717, 1.165) is 17.0 Å². The molecule has 0 saturated carbocycles. The number of benzene rings is 1. The number of hydrogen-bond donors (Lipinski definition) is 3. The highest BCUT2D eigenvalue weighted by molar-refractivity contribution is 6.30. The number of aromatic nitrogens is 5. The van der Waals surface area contributed by atoms with Crippen LogP contribution in [0.25, 0.3) is 11.3 Å². The molecule has 0 spiro atoms. The summed E-state index contributed by atoms with van der Waals surface area (Å²) >= 11 is 5.87. The van der Waals surface area contributed by atoms with E-state index in [-0.39, 0.29) is 11.9 Å². The molecule has 1 aromatic carbocycles. The van der Waals surface area contributed by atoms with E-state index in [4.69, 9.17) is 23.1 Å². The van der Waals surface area contributed by atoms with E-state index in [0.29, 0.717) is 17.3 Å². The van der Waals surface area contributed by atoms with Gasteiger partial charge in [0.2, 0.25) is 11.9 Å². The molecule has 0 fully saturated rings. The molecule has 0 unspecified atom stereocenters. The van der Waals surface area contributed by atoms with Gasteiger partial charge in [-0.25, -0.2) is 0 Å². The molecule has 5 N–H and O–H groups in total. The lowest BCUT2D eigenvalue weighted by atomic mass is 10.1. The molecule has 106 valence electrons. The van der Waals surface area contributed by atoms with Gasteiger partial charge in [0.15, 0.2) is 0 Å². The second kappa shape index (κ2) is 5.37. The first-order valence-corrected chi connectivity index (χ1v) is 6.54. The van der Waals surface area contributed by atoms with Gasteiger partial charge in [-0.05, 0) is 18.2 Å². The minimum Gasteiger partial charge on any atom is -0.368 e. The van der Waals surface area contributed by atoms with Gasteiger partial charge in [0.05, 0.1) is 5.69 Å². The summed E-state index contributed by atoms with van der Waals surface area (Å²) in [5.74, 6) is 0.705. The van der Waals surface area contributed by atoms with Gasteiger partial charge in [-0.3, -0.25) is 5.10 Å². The van der Waals surface area contributed by atoms with Crippen molar-refractivity contribution in [3.63, 3.8) is 0 Å². The first-order valence-electron chi connectivity index (χ1n) is 6.16. The molecular weight excluding hydrogens is 290 g/mol. The molecular formula is C13H12ClN7. The molecule has 0 aliphatic carbocycles. The quantitative estimate of drug-likeness (QED) is 0.677. The number of H-pyrrole nitrogens is 1. The third-order valence-electron chi connectivity index (χ3n) is 2.84. The zero-order chi connectivity index (χ0) is 14.8. The van der Waals surface area contributed by atoms with Crippen molar-refractivity contribution in [3.8, 4) is 11.3 Å². The lowest BCUT2D eigenvalue weighted by molar-refractivity contribution is 0.901. The van der Waals surface area contributed by atoms with Gasteiger partial charge in [-0.2, -0.15) is 20.1 Å². The van der Waals surface area contributed by atoms with Gasteiger partial charge in [-0.1, -0.05) is 23.7 Å². The Kier molecular flexibility index (Phi) is 3.41. The van der Waals surface area contributed by atoms with E-state index >= 15 is 0 Å². The van der Waals surface area contributed by atoms with E-state index in [2.05, 4.69) is 25.1 Å². The molecule has 2 aromatic heterocycles. The number of nitrogens with two attached hydrogens (primary N) is 2. The molecule has 0 radical (unpaired) electrons. The van der Waals surface area contributed by atoms with E-state index in [9.17, 15) is 0 Å². The summed E-state index contributed by atoms with van der Waals surface area (Å²) in [7, 11) is 0. The van der Waals surface area contributed by atoms with Crippen LogP contribution in [0.2, 0.25) is 5.02 Å². The van der Waals surface area contributed by atoms with Crippen molar-refractivity contribution >= 4 is 23.5 Å². The maximum Gasteiger partial charge on any atom is 0.225 e. The van der Waals surface area contributed by atoms with Crippen molar-refractivity contribution in [1.29, 1.82) is 0 Å². The van der Waals surface area contributed by atoms with Gasteiger partial charge >= 0.3 is 0 Å². The fraction of sp³-hybridized carbons (Fsp3) is 0.0769. The summed E-state index contributed by atoms with van der Waals surface area (Å²) < 4.78 is 0. The Morgan fingerprint density at radius 2 is 1.67 bits per heavy atom. The molecule has 0 aliphatic rings. The first kappa shape index (κ1) is 13.3. The Morgan fingerprint density at radius 3 is 2.33 bits per heavy atom. The predicted octanol–water partition coefficient (Wildman–Crippen LogP) is 1.67. The van der Waals surface area contributed by atoms with Gasteiger partial charge in [0, 0.05) is 22.7 Å². The number of nitrogen functional groups attached to an aromatic ring is 2. The van der Waals surface area contributed by atoms with E-state index < -0.39 is 0 Å². The molecule has 8 heteroatoms. The number of aromatic amines is 1. The summed E-state index contributed by atoms with van der Waals surface area (Å²) in [5.41, 5.74) is 13.7. The van der Waals surface area contributed by atoms with Crippen LogP contribution in [0.4, 0.5) is 11.9 Å². The average molecular weight is 302 g/mol. The summed E-state index contributed by atoms with van der Waals surface area (Å²) in [4.78, 5) is 11.8. The van der Waals surface area contributed by atoms with Gasteiger partial charge in [0.25, 0.3) is 0 Å². The highest BCUT2D eigenvalue weighted by atomic mass is 35.5. The van der Waals surface area contributed by atoms with Crippen molar-refractivity contribution in [2.45, 2.75) is 6.42 Å². The number of nitrogens with zero attached hydrogens (tertiary/aromatic N) is 4. The van der Waals surface area contributed by atoms with Gasteiger partial charge in [-0.15, -0.1) is 0 Å². The minimum atomic E-state index is 0.106. The molecule has 7 nitrogen and oxygen atoms in total. The van der Waals surface area contributed by atoms with Gasteiger partial charge in [0.1, 0.15) is 5.82 Å². The maximum atomic E-state index is 5.87. The lowest BCUT2D eigenvalue weighted by Crippen LogP contribution is -2.07. The average Bonchev–Trinajstić information content (AvgIpc) is 2.87. The molecule has 21 heavy (non-hydrogen) atoms. The van der Waals surface area contributed by atoms with Crippen molar-refractivity contribution in [3.05, 3.63) is 46.9 Å². The highest BCUT2D eigenvalue weighted by Gasteiger charge is 2.08. The second-order valence-corrected chi connectivity index (χ2v) is 4.87. The number of halogens is 1. The van der Waals surface area contributed by atoms with Crippen LogP contribution in [0.3, 0.4) is 0 Å².